The van der Waals surface area contributed by atoms with Gasteiger partial charge in [-0.3, -0.25) is 4.79 Å². The lowest BCUT2D eigenvalue weighted by atomic mass is 10.0. The summed E-state index contributed by atoms with van der Waals surface area (Å²) in [5, 5.41) is 3.47. The van der Waals surface area contributed by atoms with E-state index < -0.39 is 0 Å². The van der Waals surface area contributed by atoms with Gasteiger partial charge in [0.1, 0.15) is 0 Å². The molecule has 2 aromatic rings. The molecule has 1 N–H and O–H groups in total. The highest BCUT2D eigenvalue weighted by Gasteiger charge is 2.23. The zero-order chi connectivity index (χ0) is 13.4. The Morgan fingerprint density at radius 3 is 2.58 bits per heavy atom. The summed E-state index contributed by atoms with van der Waals surface area (Å²) < 4.78 is 0. The van der Waals surface area contributed by atoms with E-state index in [-0.39, 0.29) is 5.91 Å². The van der Waals surface area contributed by atoms with Crippen molar-refractivity contribution in [3.63, 3.8) is 0 Å². The molecule has 0 bridgehead atoms. The maximum atomic E-state index is 12.0. The first-order valence-electron chi connectivity index (χ1n) is 6.03. The van der Waals surface area contributed by atoms with Crippen LogP contribution in [0.15, 0.2) is 42.5 Å². The number of aryl methyl sites for hydroxylation is 1. The first kappa shape index (κ1) is 12.0. The van der Waals surface area contributed by atoms with E-state index in [0.717, 1.165) is 16.8 Å². The number of benzene rings is 2. The van der Waals surface area contributed by atoms with E-state index in [1.54, 1.807) is 6.07 Å². The summed E-state index contributed by atoms with van der Waals surface area (Å²) in [5.74, 6) is -0.0853. The van der Waals surface area contributed by atoms with Crippen LogP contribution in [0.2, 0.25) is 5.02 Å². The smallest absolute Gasteiger partial charge is 0.256 e. The van der Waals surface area contributed by atoms with E-state index in [1.807, 2.05) is 49.4 Å². The molecule has 0 saturated carbocycles. The maximum Gasteiger partial charge on any atom is 0.256 e. The Kier molecular flexibility index (Phi) is 2.88. The molecule has 1 heterocycles. The summed E-state index contributed by atoms with van der Waals surface area (Å²) in [7, 11) is 0. The predicted octanol–water partition coefficient (Wildman–Crippen LogP) is 4.14. The largest absolute Gasteiger partial charge is 0.321 e. The standard InChI is InChI=1S/C16H12ClNO/c1-10-2-4-11(5-3-10)8-14-13-9-12(17)6-7-15(13)18-16(14)19/h2-9H,1H3,(H,18,19)/b14-8+. The molecule has 2 nitrogen and oxygen atoms in total. The lowest BCUT2D eigenvalue weighted by Gasteiger charge is -2.00. The van der Waals surface area contributed by atoms with Crippen molar-refractivity contribution in [2.75, 3.05) is 5.32 Å². The van der Waals surface area contributed by atoms with Gasteiger partial charge < -0.3 is 5.32 Å². The first-order chi connectivity index (χ1) is 9.13. The fraction of sp³-hybridized carbons (Fsp3) is 0.0625. The van der Waals surface area contributed by atoms with Gasteiger partial charge in [-0.25, -0.2) is 0 Å². The quantitative estimate of drug-likeness (QED) is 0.775. The monoisotopic (exact) mass is 269 g/mol. The van der Waals surface area contributed by atoms with Gasteiger partial charge >= 0.3 is 0 Å². The number of fused-ring (bicyclic) bond motifs is 1. The summed E-state index contributed by atoms with van der Waals surface area (Å²) in [6, 6.07) is 13.5. The molecule has 0 saturated heterocycles. The molecular formula is C16H12ClNO. The van der Waals surface area contributed by atoms with Gasteiger partial charge in [-0.1, -0.05) is 41.4 Å². The van der Waals surface area contributed by atoms with Gasteiger partial charge in [0.25, 0.3) is 5.91 Å². The second kappa shape index (κ2) is 4.56. The van der Waals surface area contributed by atoms with Gasteiger partial charge in [0.15, 0.2) is 0 Å². The summed E-state index contributed by atoms with van der Waals surface area (Å²) in [5.41, 5.74) is 4.53. The van der Waals surface area contributed by atoms with Crippen LogP contribution < -0.4 is 5.32 Å². The minimum atomic E-state index is -0.0853. The first-order valence-corrected chi connectivity index (χ1v) is 6.41. The van der Waals surface area contributed by atoms with E-state index in [2.05, 4.69) is 5.32 Å². The summed E-state index contributed by atoms with van der Waals surface area (Å²) in [6.07, 6.45) is 1.89. The van der Waals surface area contributed by atoms with Crippen LogP contribution in [-0.2, 0) is 4.79 Å². The van der Waals surface area contributed by atoms with E-state index in [4.69, 9.17) is 11.6 Å². The van der Waals surface area contributed by atoms with Gasteiger partial charge in [0, 0.05) is 21.8 Å². The molecule has 0 aromatic heterocycles. The SMILES string of the molecule is Cc1ccc(/C=C2/C(=O)Nc3ccc(Cl)cc32)cc1. The second-order valence-electron chi connectivity index (χ2n) is 4.61. The van der Waals surface area contributed by atoms with E-state index >= 15 is 0 Å². The molecule has 3 rings (SSSR count). The number of amides is 1. The van der Waals surface area contributed by atoms with Crippen molar-refractivity contribution in [3.05, 3.63) is 64.2 Å². The highest BCUT2D eigenvalue weighted by atomic mass is 35.5. The van der Waals surface area contributed by atoms with Crippen molar-refractivity contribution < 1.29 is 4.79 Å². The van der Waals surface area contributed by atoms with Crippen molar-refractivity contribution in [2.45, 2.75) is 6.92 Å². The Labute approximate surface area is 116 Å². The number of carbonyl (C=O) groups is 1. The number of carbonyl (C=O) groups excluding carboxylic acids is 1. The Hall–Kier alpha value is -2.06. The Morgan fingerprint density at radius 2 is 1.84 bits per heavy atom. The van der Waals surface area contributed by atoms with Crippen LogP contribution in [0, 0.1) is 6.92 Å². The maximum absolute atomic E-state index is 12.0. The van der Waals surface area contributed by atoms with Crippen LogP contribution in [0.1, 0.15) is 16.7 Å². The van der Waals surface area contributed by atoms with E-state index in [1.165, 1.54) is 5.56 Å². The third-order valence-corrected chi connectivity index (χ3v) is 3.39. The number of halogens is 1. The van der Waals surface area contributed by atoms with Gasteiger partial charge in [-0.05, 0) is 36.8 Å². The lowest BCUT2D eigenvalue weighted by molar-refractivity contribution is -0.110. The highest BCUT2D eigenvalue weighted by Crippen LogP contribution is 2.34. The summed E-state index contributed by atoms with van der Waals surface area (Å²) in [6.45, 7) is 2.04. The van der Waals surface area contributed by atoms with Crippen LogP contribution >= 0.6 is 11.6 Å². The zero-order valence-electron chi connectivity index (χ0n) is 10.4. The molecule has 1 aliphatic heterocycles. The van der Waals surface area contributed by atoms with Crippen molar-refractivity contribution in [3.8, 4) is 0 Å². The molecule has 19 heavy (non-hydrogen) atoms. The third-order valence-electron chi connectivity index (χ3n) is 3.15. The van der Waals surface area contributed by atoms with Crippen molar-refractivity contribution in [1.82, 2.24) is 0 Å². The minimum absolute atomic E-state index is 0.0853. The predicted molar refractivity (Wildman–Crippen MR) is 79.1 cm³/mol. The zero-order valence-corrected chi connectivity index (χ0v) is 11.2. The van der Waals surface area contributed by atoms with Crippen LogP contribution in [-0.4, -0.2) is 5.91 Å². The Balaban J connectivity index is 2.08. The van der Waals surface area contributed by atoms with Gasteiger partial charge in [0.05, 0.1) is 0 Å². The molecule has 0 unspecified atom stereocenters. The van der Waals surface area contributed by atoms with Crippen molar-refractivity contribution in [2.24, 2.45) is 0 Å². The Bertz CT molecular complexity index is 686. The summed E-state index contributed by atoms with van der Waals surface area (Å²) >= 11 is 5.99. The van der Waals surface area contributed by atoms with Gasteiger partial charge in [-0.2, -0.15) is 0 Å². The molecule has 94 valence electrons. The molecule has 2 aromatic carbocycles. The number of rotatable bonds is 1. The highest BCUT2D eigenvalue weighted by molar-refractivity contribution is 6.36. The van der Waals surface area contributed by atoms with Crippen LogP contribution in [0.4, 0.5) is 5.69 Å². The number of anilines is 1. The van der Waals surface area contributed by atoms with Crippen LogP contribution in [0.5, 0.6) is 0 Å². The number of hydrogen-bond donors (Lipinski definition) is 1. The molecule has 1 amide bonds. The van der Waals surface area contributed by atoms with Gasteiger partial charge in [-0.15, -0.1) is 0 Å². The second-order valence-corrected chi connectivity index (χ2v) is 5.05. The summed E-state index contributed by atoms with van der Waals surface area (Å²) in [4.78, 5) is 12.0. The van der Waals surface area contributed by atoms with Crippen molar-refractivity contribution in [1.29, 1.82) is 0 Å². The molecule has 0 aliphatic carbocycles. The molecular weight excluding hydrogens is 258 g/mol. The fourth-order valence-corrected chi connectivity index (χ4v) is 2.31. The average Bonchev–Trinajstić information content (AvgIpc) is 2.69. The number of nitrogens with one attached hydrogen (secondary N) is 1. The van der Waals surface area contributed by atoms with Crippen molar-refractivity contribution >= 4 is 34.8 Å². The molecule has 1 aliphatic rings. The molecule has 3 heteroatoms. The minimum Gasteiger partial charge on any atom is -0.321 e. The lowest BCUT2D eigenvalue weighted by Crippen LogP contribution is -2.03. The average molecular weight is 270 g/mol. The normalized spacial score (nSPS) is 15.5. The van der Waals surface area contributed by atoms with Gasteiger partial charge in [0.2, 0.25) is 0 Å². The number of hydrogen-bond acceptors (Lipinski definition) is 1. The fourth-order valence-electron chi connectivity index (χ4n) is 2.13. The van der Waals surface area contributed by atoms with Crippen LogP contribution in [0.3, 0.4) is 0 Å². The van der Waals surface area contributed by atoms with Crippen LogP contribution in [0.25, 0.3) is 11.6 Å². The van der Waals surface area contributed by atoms with E-state index in [9.17, 15) is 4.79 Å². The molecule has 0 radical (unpaired) electrons. The Morgan fingerprint density at radius 1 is 1.11 bits per heavy atom. The molecule has 0 atom stereocenters. The van der Waals surface area contributed by atoms with E-state index in [0.29, 0.717) is 10.6 Å². The molecule has 0 fully saturated rings. The molecule has 0 spiro atoms. The third kappa shape index (κ3) is 2.27. The topological polar surface area (TPSA) is 29.1 Å².